The molecule has 18 heavy (non-hydrogen) atoms. The number of anilines is 1. The Kier molecular flexibility index (Phi) is 5.47. The number of carbonyl (C=O) groups excluding carboxylic acids is 1. The van der Waals surface area contributed by atoms with E-state index in [4.69, 9.17) is 11.6 Å². The molecule has 0 radical (unpaired) electrons. The molecule has 1 rings (SSSR count). The quantitative estimate of drug-likeness (QED) is 0.860. The standard InChI is InChI=1S/C13H18BrClN2O/c1-4-13(2,3)17-12(18)8-16-9-5-6-11(15)10(14)7-9/h5-7,16H,4,8H2,1-3H3,(H,17,18). The van der Waals surface area contributed by atoms with Crippen molar-refractivity contribution >= 4 is 39.1 Å². The van der Waals surface area contributed by atoms with Crippen LogP contribution < -0.4 is 10.6 Å². The first-order chi connectivity index (χ1) is 8.34. The van der Waals surface area contributed by atoms with Crippen molar-refractivity contribution in [1.29, 1.82) is 0 Å². The molecule has 0 saturated heterocycles. The molecule has 2 N–H and O–H groups in total. The van der Waals surface area contributed by atoms with Gasteiger partial charge >= 0.3 is 0 Å². The van der Waals surface area contributed by atoms with Crippen molar-refractivity contribution in [2.45, 2.75) is 32.7 Å². The predicted octanol–water partition coefficient (Wildman–Crippen LogP) is 3.82. The van der Waals surface area contributed by atoms with E-state index in [0.717, 1.165) is 16.6 Å². The molecule has 1 amide bonds. The van der Waals surface area contributed by atoms with E-state index in [0.29, 0.717) is 5.02 Å². The van der Waals surface area contributed by atoms with E-state index in [1.807, 2.05) is 32.9 Å². The molecule has 0 unspecified atom stereocenters. The molecular formula is C13H18BrClN2O. The molecule has 0 saturated carbocycles. The van der Waals surface area contributed by atoms with Crippen LogP contribution in [0.5, 0.6) is 0 Å². The van der Waals surface area contributed by atoms with E-state index in [1.54, 1.807) is 6.07 Å². The van der Waals surface area contributed by atoms with Gasteiger partial charge in [0, 0.05) is 15.7 Å². The van der Waals surface area contributed by atoms with Crippen LogP contribution in [-0.4, -0.2) is 18.0 Å². The fourth-order valence-corrected chi connectivity index (χ4v) is 1.79. The average Bonchev–Trinajstić information content (AvgIpc) is 2.30. The number of halogens is 2. The van der Waals surface area contributed by atoms with Crippen LogP contribution in [-0.2, 0) is 4.79 Å². The highest BCUT2D eigenvalue weighted by molar-refractivity contribution is 9.10. The maximum absolute atomic E-state index is 11.7. The van der Waals surface area contributed by atoms with E-state index in [1.165, 1.54) is 0 Å². The fraction of sp³-hybridized carbons (Fsp3) is 0.462. The highest BCUT2D eigenvalue weighted by Gasteiger charge is 2.17. The molecule has 0 spiro atoms. The molecule has 0 fully saturated rings. The second kappa shape index (κ2) is 6.43. The van der Waals surface area contributed by atoms with Gasteiger partial charge in [-0.25, -0.2) is 0 Å². The molecule has 3 nitrogen and oxygen atoms in total. The van der Waals surface area contributed by atoms with Crippen molar-refractivity contribution in [3.8, 4) is 0 Å². The van der Waals surface area contributed by atoms with Gasteiger partial charge in [0.2, 0.25) is 5.91 Å². The number of hydrogen-bond acceptors (Lipinski definition) is 2. The van der Waals surface area contributed by atoms with Crippen LogP contribution in [0, 0.1) is 0 Å². The molecule has 0 atom stereocenters. The summed E-state index contributed by atoms with van der Waals surface area (Å²) in [7, 11) is 0. The van der Waals surface area contributed by atoms with Crippen molar-refractivity contribution in [1.82, 2.24) is 5.32 Å². The van der Waals surface area contributed by atoms with Gasteiger partial charge in [0.25, 0.3) is 0 Å². The van der Waals surface area contributed by atoms with E-state index in [9.17, 15) is 4.79 Å². The van der Waals surface area contributed by atoms with Crippen molar-refractivity contribution in [2.75, 3.05) is 11.9 Å². The Hall–Kier alpha value is -0.740. The van der Waals surface area contributed by atoms with E-state index in [2.05, 4.69) is 26.6 Å². The predicted molar refractivity (Wildman–Crippen MR) is 80.2 cm³/mol. The van der Waals surface area contributed by atoms with Crippen molar-refractivity contribution in [3.63, 3.8) is 0 Å². The van der Waals surface area contributed by atoms with Crippen molar-refractivity contribution < 1.29 is 4.79 Å². The minimum absolute atomic E-state index is 0.0204. The SMILES string of the molecule is CCC(C)(C)NC(=O)CNc1ccc(Cl)c(Br)c1. The van der Waals surface area contributed by atoms with Gasteiger partial charge in [-0.05, 0) is 54.4 Å². The van der Waals surface area contributed by atoms with E-state index >= 15 is 0 Å². The molecule has 0 aliphatic carbocycles. The number of rotatable bonds is 5. The van der Waals surface area contributed by atoms with Crippen LogP contribution in [0.2, 0.25) is 5.02 Å². The molecule has 0 aliphatic rings. The Morgan fingerprint density at radius 3 is 2.67 bits per heavy atom. The second-order valence-electron chi connectivity index (χ2n) is 4.77. The first-order valence-electron chi connectivity index (χ1n) is 5.84. The normalized spacial score (nSPS) is 11.2. The minimum atomic E-state index is -0.167. The zero-order chi connectivity index (χ0) is 13.8. The number of hydrogen-bond donors (Lipinski definition) is 2. The highest BCUT2D eigenvalue weighted by atomic mass is 79.9. The molecular weight excluding hydrogens is 316 g/mol. The Morgan fingerprint density at radius 1 is 1.44 bits per heavy atom. The smallest absolute Gasteiger partial charge is 0.239 e. The lowest BCUT2D eigenvalue weighted by atomic mass is 10.0. The second-order valence-corrected chi connectivity index (χ2v) is 6.03. The molecule has 0 heterocycles. The molecule has 0 aliphatic heterocycles. The average molecular weight is 334 g/mol. The van der Waals surface area contributed by atoms with Gasteiger partial charge in [0.15, 0.2) is 0 Å². The Labute approximate surface area is 121 Å². The topological polar surface area (TPSA) is 41.1 Å². The summed E-state index contributed by atoms with van der Waals surface area (Å²) in [5.74, 6) is -0.0204. The lowest BCUT2D eigenvalue weighted by molar-refractivity contribution is -0.121. The summed E-state index contributed by atoms with van der Waals surface area (Å²) in [6.07, 6.45) is 0.894. The van der Waals surface area contributed by atoms with Gasteiger partial charge in [-0.3, -0.25) is 4.79 Å². The molecule has 5 heteroatoms. The Morgan fingerprint density at radius 2 is 2.11 bits per heavy atom. The first kappa shape index (κ1) is 15.3. The lowest BCUT2D eigenvalue weighted by Crippen LogP contribution is -2.45. The first-order valence-corrected chi connectivity index (χ1v) is 7.01. The number of amides is 1. The summed E-state index contributed by atoms with van der Waals surface area (Å²) < 4.78 is 0.809. The number of carbonyl (C=O) groups is 1. The van der Waals surface area contributed by atoms with Crippen LogP contribution in [0.3, 0.4) is 0 Å². The van der Waals surface area contributed by atoms with Gasteiger partial charge in [-0.1, -0.05) is 18.5 Å². The van der Waals surface area contributed by atoms with E-state index < -0.39 is 0 Å². The molecule has 0 bridgehead atoms. The van der Waals surface area contributed by atoms with Gasteiger partial charge < -0.3 is 10.6 Å². The lowest BCUT2D eigenvalue weighted by Gasteiger charge is -2.24. The zero-order valence-corrected chi connectivity index (χ0v) is 13.2. The monoisotopic (exact) mass is 332 g/mol. The Balaban J connectivity index is 2.50. The summed E-state index contributed by atoms with van der Waals surface area (Å²) in [4.78, 5) is 11.7. The fourth-order valence-electron chi connectivity index (χ4n) is 1.30. The van der Waals surface area contributed by atoms with Gasteiger partial charge in [0.1, 0.15) is 0 Å². The number of benzene rings is 1. The van der Waals surface area contributed by atoms with Crippen LogP contribution in [0.1, 0.15) is 27.2 Å². The summed E-state index contributed by atoms with van der Waals surface area (Å²) in [6.45, 7) is 6.30. The summed E-state index contributed by atoms with van der Waals surface area (Å²) >= 11 is 9.24. The van der Waals surface area contributed by atoms with Crippen LogP contribution in [0.4, 0.5) is 5.69 Å². The third-order valence-corrected chi connectivity index (χ3v) is 3.95. The third kappa shape index (κ3) is 4.86. The summed E-state index contributed by atoms with van der Waals surface area (Å²) in [6, 6.07) is 5.47. The van der Waals surface area contributed by atoms with E-state index in [-0.39, 0.29) is 18.0 Å². The highest BCUT2D eigenvalue weighted by Crippen LogP contribution is 2.25. The van der Waals surface area contributed by atoms with Crippen LogP contribution in [0.25, 0.3) is 0 Å². The van der Waals surface area contributed by atoms with Crippen LogP contribution in [0.15, 0.2) is 22.7 Å². The molecule has 1 aromatic rings. The zero-order valence-electron chi connectivity index (χ0n) is 10.8. The maximum atomic E-state index is 11.7. The van der Waals surface area contributed by atoms with Gasteiger partial charge in [-0.15, -0.1) is 0 Å². The summed E-state index contributed by atoms with van der Waals surface area (Å²) in [5, 5.41) is 6.67. The van der Waals surface area contributed by atoms with Gasteiger partial charge in [-0.2, -0.15) is 0 Å². The maximum Gasteiger partial charge on any atom is 0.239 e. The summed E-state index contributed by atoms with van der Waals surface area (Å²) in [5.41, 5.74) is 0.690. The third-order valence-electron chi connectivity index (χ3n) is 2.73. The minimum Gasteiger partial charge on any atom is -0.376 e. The largest absolute Gasteiger partial charge is 0.376 e. The molecule has 0 aromatic heterocycles. The molecule has 100 valence electrons. The van der Waals surface area contributed by atoms with Crippen molar-refractivity contribution in [3.05, 3.63) is 27.7 Å². The van der Waals surface area contributed by atoms with Crippen molar-refractivity contribution in [2.24, 2.45) is 0 Å². The molecule has 1 aromatic carbocycles. The van der Waals surface area contributed by atoms with Crippen LogP contribution >= 0.6 is 27.5 Å². The number of nitrogens with one attached hydrogen (secondary N) is 2. The van der Waals surface area contributed by atoms with Gasteiger partial charge in [0.05, 0.1) is 11.6 Å². The Bertz CT molecular complexity index is 435.